The number of anilines is 2. The smallest absolute Gasteiger partial charge is 0.254 e. The summed E-state index contributed by atoms with van der Waals surface area (Å²) >= 11 is 6.38. The van der Waals surface area contributed by atoms with E-state index in [4.69, 9.17) is 11.6 Å². The summed E-state index contributed by atoms with van der Waals surface area (Å²) in [4.78, 5) is 31.0. The van der Waals surface area contributed by atoms with Crippen molar-refractivity contribution < 1.29 is 4.79 Å². The van der Waals surface area contributed by atoms with Gasteiger partial charge in [-0.3, -0.25) is 9.78 Å². The van der Waals surface area contributed by atoms with Crippen LogP contribution < -0.4 is 9.80 Å². The number of nitrogens with zero attached hydrogens (tertiary/aromatic N) is 6. The summed E-state index contributed by atoms with van der Waals surface area (Å²) in [5, 5.41) is 0.497. The molecule has 0 aromatic carbocycles. The van der Waals surface area contributed by atoms with Gasteiger partial charge in [0.05, 0.1) is 16.3 Å². The Kier molecular flexibility index (Phi) is 5.03. The average molecular weight is 361 g/mol. The van der Waals surface area contributed by atoms with Crippen LogP contribution in [0.2, 0.25) is 5.02 Å². The molecular weight excluding hydrogens is 340 g/mol. The molecule has 0 N–H and O–H groups in total. The van der Waals surface area contributed by atoms with Gasteiger partial charge >= 0.3 is 0 Å². The molecule has 0 spiro atoms. The number of piperazine rings is 1. The maximum absolute atomic E-state index is 12.0. The van der Waals surface area contributed by atoms with Gasteiger partial charge in [0.25, 0.3) is 5.91 Å². The highest BCUT2D eigenvalue weighted by Crippen LogP contribution is 2.26. The molecule has 1 fully saturated rings. The van der Waals surface area contributed by atoms with Crippen LogP contribution in [0, 0.1) is 6.92 Å². The molecule has 8 heteroatoms. The Morgan fingerprint density at radius 3 is 2.20 bits per heavy atom. The molecule has 1 amide bonds. The molecule has 3 heterocycles. The van der Waals surface area contributed by atoms with Gasteiger partial charge in [0.1, 0.15) is 11.6 Å². The van der Waals surface area contributed by atoms with E-state index in [-0.39, 0.29) is 5.91 Å². The van der Waals surface area contributed by atoms with Crippen LogP contribution in [0.3, 0.4) is 0 Å². The van der Waals surface area contributed by atoms with Gasteiger partial charge in [-0.05, 0) is 13.0 Å². The fourth-order valence-electron chi connectivity index (χ4n) is 2.88. The maximum Gasteiger partial charge on any atom is 0.254 e. The predicted octanol–water partition coefficient (Wildman–Crippen LogP) is 1.86. The van der Waals surface area contributed by atoms with Crippen molar-refractivity contribution in [3.05, 3.63) is 40.9 Å². The molecule has 1 aliphatic rings. The summed E-state index contributed by atoms with van der Waals surface area (Å²) in [7, 11) is 3.41. The van der Waals surface area contributed by atoms with Crippen LogP contribution in [-0.4, -0.2) is 66.0 Å². The predicted molar refractivity (Wildman–Crippen MR) is 98.5 cm³/mol. The molecule has 0 atom stereocenters. The number of rotatable bonds is 3. The van der Waals surface area contributed by atoms with Crippen molar-refractivity contribution in [1.82, 2.24) is 19.9 Å². The van der Waals surface area contributed by atoms with Gasteiger partial charge in [-0.15, -0.1) is 0 Å². The van der Waals surface area contributed by atoms with E-state index in [0.29, 0.717) is 16.4 Å². The molecule has 0 saturated carbocycles. The van der Waals surface area contributed by atoms with Crippen molar-refractivity contribution in [1.29, 1.82) is 0 Å². The van der Waals surface area contributed by atoms with Crippen LogP contribution in [-0.2, 0) is 0 Å². The van der Waals surface area contributed by atoms with Crippen LogP contribution in [0.1, 0.15) is 16.1 Å². The summed E-state index contributed by atoms with van der Waals surface area (Å²) < 4.78 is 0. The third-order valence-corrected chi connectivity index (χ3v) is 4.49. The minimum Gasteiger partial charge on any atom is -0.352 e. The van der Waals surface area contributed by atoms with Gasteiger partial charge in [0.15, 0.2) is 0 Å². The lowest BCUT2D eigenvalue weighted by atomic mass is 10.2. The number of amides is 1. The summed E-state index contributed by atoms with van der Waals surface area (Å²) in [6.45, 7) is 5.16. The highest BCUT2D eigenvalue weighted by molar-refractivity contribution is 6.33. The standard InChI is InChI=1S/C17H21ClN6O/c1-12-15(20-5-4-19-12)23-6-8-24(9-7-23)16-14(18)10-13(11-21-16)17(25)22(2)3/h4-5,10-11H,6-9H2,1-3H3. The number of pyridine rings is 1. The average Bonchev–Trinajstić information content (AvgIpc) is 2.61. The lowest BCUT2D eigenvalue weighted by Crippen LogP contribution is -2.47. The maximum atomic E-state index is 12.0. The molecule has 132 valence electrons. The first-order chi connectivity index (χ1) is 12.0. The van der Waals surface area contributed by atoms with Crippen molar-refractivity contribution in [3.8, 4) is 0 Å². The van der Waals surface area contributed by atoms with Crippen LogP contribution in [0.5, 0.6) is 0 Å². The number of carbonyl (C=O) groups is 1. The summed E-state index contributed by atoms with van der Waals surface area (Å²) in [6.07, 6.45) is 5.01. The molecular formula is C17H21ClN6O. The van der Waals surface area contributed by atoms with Crippen molar-refractivity contribution in [3.63, 3.8) is 0 Å². The van der Waals surface area contributed by atoms with Crippen molar-refractivity contribution in [2.45, 2.75) is 6.92 Å². The minimum atomic E-state index is -0.108. The molecule has 25 heavy (non-hydrogen) atoms. The van der Waals surface area contributed by atoms with E-state index in [0.717, 1.165) is 37.7 Å². The molecule has 0 radical (unpaired) electrons. The monoisotopic (exact) mass is 360 g/mol. The quantitative estimate of drug-likeness (QED) is 0.832. The van der Waals surface area contributed by atoms with Gasteiger partial charge < -0.3 is 14.7 Å². The van der Waals surface area contributed by atoms with Crippen molar-refractivity contribution in [2.75, 3.05) is 50.1 Å². The van der Waals surface area contributed by atoms with Crippen LogP contribution in [0.25, 0.3) is 0 Å². The van der Waals surface area contributed by atoms with Gasteiger partial charge in [-0.25, -0.2) is 9.97 Å². The Labute approximate surface area is 152 Å². The second-order valence-corrected chi connectivity index (χ2v) is 6.58. The molecule has 0 unspecified atom stereocenters. The highest BCUT2D eigenvalue weighted by Gasteiger charge is 2.22. The van der Waals surface area contributed by atoms with E-state index >= 15 is 0 Å². The molecule has 0 bridgehead atoms. The fraction of sp³-hybridized carbons (Fsp3) is 0.412. The van der Waals surface area contributed by atoms with E-state index in [2.05, 4.69) is 24.8 Å². The number of hydrogen-bond acceptors (Lipinski definition) is 6. The molecule has 0 aliphatic carbocycles. The zero-order valence-electron chi connectivity index (χ0n) is 14.6. The lowest BCUT2D eigenvalue weighted by Gasteiger charge is -2.36. The highest BCUT2D eigenvalue weighted by atomic mass is 35.5. The fourth-order valence-corrected chi connectivity index (χ4v) is 3.17. The Hall–Kier alpha value is -2.41. The van der Waals surface area contributed by atoms with Gasteiger partial charge in [0.2, 0.25) is 0 Å². The van der Waals surface area contributed by atoms with E-state index in [1.165, 1.54) is 4.90 Å². The number of aromatic nitrogens is 3. The van der Waals surface area contributed by atoms with Crippen molar-refractivity contribution in [2.24, 2.45) is 0 Å². The molecule has 3 rings (SSSR count). The lowest BCUT2D eigenvalue weighted by molar-refractivity contribution is 0.0827. The first-order valence-corrected chi connectivity index (χ1v) is 8.50. The van der Waals surface area contributed by atoms with E-state index in [1.807, 2.05) is 6.92 Å². The van der Waals surface area contributed by atoms with Gasteiger partial charge in [-0.2, -0.15) is 0 Å². The summed E-state index contributed by atoms with van der Waals surface area (Å²) in [6, 6.07) is 1.69. The zero-order chi connectivity index (χ0) is 18.0. The Morgan fingerprint density at radius 2 is 1.64 bits per heavy atom. The largest absolute Gasteiger partial charge is 0.352 e. The van der Waals surface area contributed by atoms with Gasteiger partial charge in [-0.1, -0.05) is 11.6 Å². The first-order valence-electron chi connectivity index (χ1n) is 8.12. The zero-order valence-corrected chi connectivity index (χ0v) is 15.4. The van der Waals surface area contributed by atoms with Crippen molar-refractivity contribution >= 4 is 29.1 Å². The number of hydrogen-bond donors (Lipinski definition) is 0. The number of aryl methyl sites for hydroxylation is 1. The topological polar surface area (TPSA) is 65.5 Å². The molecule has 1 saturated heterocycles. The SMILES string of the molecule is Cc1nccnc1N1CCN(c2ncc(C(=O)N(C)C)cc2Cl)CC1. The Bertz CT molecular complexity index is 773. The van der Waals surface area contributed by atoms with Crippen LogP contribution in [0.4, 0.5) is 11.6 Å². The normalized spacial score (nSPS) is 14.6. The number of halogens is 1. The van der Waals surface area contributed by atoms with E-state index < -0.39 is 0 Å². The van der Waals surface area contributed by atoms with E-state index in [1.54, 1.807) is 38.8 Å². The third-order valence-electron chi connectivity index (χ3n) is 4.21. The van der Waals surface area contributed by atoms with Gasteiger partial charge in [0, 0.05) is 58.9 Å². The first kappa shape index (κ1) is 17.4. The van der Waals surface area contributed by atoms with E-state index in [9.17, 15) is 4.79 Å². The summed E-state index contributed by atoms with van der Waals surface area (Å²) in [5.74, 6) is 1.53. The summed E-state index contributed by atoms with van der Waals surface area (Å²) in [5.41, 5.74) is 1.42. The molecule has 2 aromatic heterocycles. The Balaban J connectivity index is 1.71. The second-order valence-electron chi connectivity index (χ2n) is 6.17. The third kappa shape index (κ3) is 3.66. The molecule has 2 aromatic rings. The number of carbonyl (C=O) groups excluding carboxylic acids is 1. The van der Waals surface area contributed by atoms with Crippen LogP contribution in [0.15, 0.2) is 24.7 Å². The molecule has 1 aliphatic heterocycles. The minimum absolute atomic E-state index is 0.108. The molecule has 7 nitrogen and oxygen atoms in total. The Morgan fingerprint density at radius 1 is 1.04 bits per heavy atom. The van der Waals surface area contributed by atoms with Crippen LogP contribution >= 0.6 is 11.6 Å². The second kappa shape index (κ2) is 7.23.